The average molecular weight is 363 g/mol. The van der Waals surface area contributed by atoms with Crippen molar-refractivity contribution in [3.8, 4) is 5.75 Å². The van der Waals surface area contributed by atoms with Crippen molar-refractivity contribution in [1.82, 2.24) is 0 Å². The molecule has 4 heteroatoms. The van der Waals surface area contributed by atoms with Crippen LogP contribution in [0, 0.1) is 5.92 Å². The van der Waals surface area contributed by atoms with E-state index in [0.717, 1.165) is 5.56 Å². The second-order valence-electron chi connectivity index (χ2n) is 4.76. The lowest BCUT2D eigenvalue weighted by Gasteiger charge is -2.28. The van der Waals surface area contributed by atoms with Gasteiger partial charge in [-0.15, -0.1) is 0 Å². The van der Waals surface area contributed by atoms with Crippen molar-refractivity contribution >= 4 is 31.9 Å². The molecule has 0 radical (unpaired) electrons. The van der Waals surface area contributed by atoms with Crippen molar-refractivity contribution in [1.29, 1.82) is 0 Å². The second-order valence-corrected chi connectivity index (χ2v) is 6.47. The Morgan fingerprint density at radius 3 is 2.18 bits per heavy atom. The number of hydrogen-bond donors (Lipinski definition) is 2. The van der Waals surface area contributed by atoms with Gasteiger partial charge >= 0.3 is 0 Å². The zero-order valence-corrected chi connectivity index (χ0v) is 12.8. The van der Waals surface area contributed by atoms with Crippen LogP contribution in [0.4, 0.5) is 0 Å². The van der Waals surface area contributed by atoms with Gasteiger partial charge in [0.2, 0.25) is 0 Å². The highest BCUT2D eigenvalue weighted by Gasteiger charge is 2.23. The van der Waals surface area contributed by atoms with Crippen LogP contribution < -0.4 is 5.73 Å². The molecular formula is C13H17Br2NO. The van der Waals surface area contributed by atoms with Gasteiger partial charge in [0.25, 0.3) is 0 Å². The lowest BCUT2D eigenvalue weighted by molar-refractivity contribution is 0.308. The Balaban J connectivity index is 2.21. The first-order valence-electron chi connectivity index (χ1n) is 6.03. The fourth-order valence-electron chi connectivity index (χ4n) is 2.54. The van der Waals surface area contributed by atoms with E-state index in [0.29, 0.717) is 14.9 Å². The average Bonchev–Trinajstić information content (AvgIpc) is 2.35. The molecule has 94 valence electrons. The van der Waals surface area contributed by atoms with E-state index < -0.39 is 0 Å². The summed E-state index contributed by atoms with van der Waals surface area (Å²) in [6, 6.07) is 3.93. The molecule has 0 amide bonds. The Bertz CT molecular complexity index is 379. The molecule has 0 aliphatic heterocycles. The standard InChI is InChI=1S/C13H17Br2NO/c14-10-6-9(7-11(15)13(10)17)12(16)8-4-2-1-3-5-8/h6-8,12,17H,1-5,16H2/t12-/m1/s1. The fraction of sp³-hybridized carbons (Fsp3) is 0.538. The molecular weight excluding hydrogens is 346 g/mol. The number of rotatable bonds is 2. The third kappa shape index (κ3) is 3.04. The summed E-state index contributed by atoms with van der Waals surface area (Å²) in [7, 11) is 0. The summed E-state index contributed by atoms with van der Waals surface area (Å²) in [6.45, 7) is 0. The highest BCUT2D eigenvalue weighted by Crippen LogP contribution is 2.38. The minimum atomic E-state index is 0.0727. The van der Waals surface area contributed by atoms with E-state index in [1.165, 1.54) is 32.1 Å². The quantitative estimate of drug-likeness (QED) is 0.813. The Morgan fingerprint density at radius 2 is 1.65 bits per heavy atom. The summed E-state index contributed by atoms with van der Waals surface area (Å²) in [5, 5.41) is 9.69. The number of phenolic OH excluding ortho intramolecular Hbond substituents is 1. The van der Waals surface area contributed by atoms with Gasteiger partial charge in [-0.1, -0.05) is 19.3 Å². The van der Waals surface area contributed by atoms with Crippen LogP contribution in [-0.2, 0) is 0 Å². The molecule has 1 aliphatic rings. The zero-order valence-electron chi connectivity index (χ0n) is 9.63. The molecule has 1 atom stereocenters. The third-order valence-electron chi connectivity index (χ3n) is 3.58. The molecule has 3 N–H and O–H groups in total. The molecule has 0 saturated heterocycles. The molecule has 0 bridgehead atoms. The first-order valence-corrected chi connectivity index (χ1v) is 7.61. The van der Waals surface area contributed by atoms with Crippen molar-refractivity contribution in [2.75, 3.05) is 0 Å². The van der Waals surface area contributed by atoms with Crippen LogP contribution in [0.2, 0.25) is 0 Å². The highest BCUT2D eigenvalue weighted by molar-refractivity contribution is 9.11. The molecule has 0 spiro atoms. The van der Waals surface area contributed by atoms with Crippen molar-refractivity contribution in [2.24, 2.45) is 11.7 Å². The molecule has 2 nitrogen and oxygen atoms in total. The minimum absolute atomic E-state index is 0.0727. The van der Waals surface area contributed by atoms with E-state index in [1.807, 2.05) is 12.1 Å². The lowest BCUT2D eigenvalue weighted by Crippen LogP contribution is -2.23. The van der Waals surface area contributed by atoms with Gasteiger partial charge < -0.3 is 10.8 Å². The maximum Gasteiger partial charge on any atom is 0.143 e. The number of aromatic hydroxyl groups is 1. The van der Waals surface area contributed by atoms with E-state index in [9.17, 15) is 5.11 Å². The van der Waals surface area contributed by atoms with Crippen LogP contribution >= 0.6 is 31.9 Å². The van der Waals surface area contributed by atoms with Crippen LogP contribution in [-0.4, -0.2) is 5.11 Å². The summed E-state index contributed by atoms with van der Waals surface area (Å²) in [5.74, 6) is 0.816. The second kappa shape index (κ2) is 5.72. The van der Waals surface area contributed by atoms with Gasteiger partial charge in [-0.3, -0.25) is 0 Å². The van der Waals surface area contributed by atoms with Gasteiger partial charge in [0.1, 0.15) is 5.75 Å². The number of hydrogen-bond acceptors (Lipinski definition) is 2. The molecule has 2 rings (SSSR count). The lowest BCUT2D eigenvalue weighted by atomic mass is 9.81. The molecule has 1 aliphatic carbocycles. The number of benzene rings is 1. The molecule has 0 unspecified atom stereocenters. The molecule has 1 saturated carbocycles. The Morgan fingerprint density at radius 1 is 1.12 bits per heavy atom. The van der Waals surface area contributed by atoms with Gasteiger partial charge in [0, 0.05) is 6.04 Å². The molecule has 0 heterocycles. The third-order valence-corrected chi connectivity index (χ3v) is 4.79. The van der Waals surface area contributed by atoms with E-state index in [4.69, 9.17) is 5.73 Å². The van der Waals surface area contributed by atoms with Gasteiger partial charge in [0.15, 0.2) is 0 Å². The SMILES string of the molecule is N[C@@H](c1cc(Br)c(O)c(Br)c1)C1CCCCC1. The summed E-state index contributed by atoms with van der Waals surface area (Å²) < 4.78 is 1.40. The predicted octanol–water partition coefficient (Wildman–Crippen LogP) is 4.50. The van der Waals surface area contributed by atoms with Crippen LogP contribution in [0.5, 0.6) is 5.75 Å². The van der Waals surface area contributed by atoms with Gasteiger partial charge in [-0.05, 0) is 68.3 Å². The summed E-state index contributed by atoms with van der Waals surface area (Å²) in [5.41, 5.74) is 7.43. The van der Waals surface area contributed by atoms with Crippen LogP contribution in [0.1, 0.15) is 43.7 Å². The van der Waals surface area contributed by atoms with Crippen molar-refractivity contribution in [3.63, 3.8) is 0 Å². The highest BCUT2D eigenvalue weighted by atomic mass is 79.9. The van der Waals surface area contributed by atoms with Crippen LogP contribution in [0.3, 0.4) is 0 Å². The molecule has 0 aromatic heterocycles. The molecule has 1 fully saturated rings. The number of phenols is 1. The van der Waals surface area contributed by atoms with Gasteiger partial charge in [0.05, 0.1) is 8.95 Å². The van der Waals surface area contributed by atoms with Crippen molar-refractivity contribution in [3.05, 3.63) is 26.6 Å². The first-order chi connectivity index (χ1) is 8.09. The Labute approximate surface area is 119 Å². The minimum Gasteiger partial charge on any atom is -0.506 e. The van der Waals surface area contributed by atoms with E-state index >= 15 is 0 Å². The van der Waals surface area contributed by atoms with Crippen molar-refractivity contribution < 1.29 is 5.11 Å². The number of nitrogens with two attached hydrogens (primary N) is 1. The van der Waals surface area contributed by atoms with Crippen LogP contribution in [0.25, 0.3) is 0 Å². The Kier molecular flexibility index (Phi) is 4.50. The normalized spacial score (nSPS) is 19.2. The number of halogens is 2. The summed E-state index contributed by atoms with van der Waals surface area (Å²) >= 11 is 6.71. The predicted molar refractivity (Wildman–Crippen MR) is 77.0 cm³/mol. The van der Waals surface area contributed by atoms with Crippen LogP contribution in [0.15, 0.2) is 21.1 Å². The maximum atomic E-state index is 9.69. The summed E-state index contributed by atoms with van der Waals surface area (Å²) in [4.78, 5) is 0. The van der Waals surface area contributed by atoms with E-state index in [1.54, 1.807) is 0 Å². The monoisotopic (exact) mass is 361 g/mol. The smallest absolute Gasteiger partial charge is 0.143 e. The van der Waals surface area contributed by atoms with Crippen molar-refractivity contribution in [2.45, 2.75) is 38.1 Å². The molecule has 1 aromatic rings. The Hall–Kier alpha value is -0.0600. The van der Waals surface area contributed by atoms with Gasteiger partial charge in [-0.25, -0.2) is 0 Å². The first kappa shape index (κ1) is 13.4. The fourth-order valence-corrected chi connectivity index (χ4v) is 3.76. The van der Waals surface area contributed by atoms with E-state index in [-0.39, 0.29) is 11.8 Å². The largest absolute Gasteiger partial charge is 0.506 e. The summed E-state index contributed by atoms with van der Waals surface area (Å²) in [6.07, 6.45) is 6.36. The molecule has 1 aromatic carbocycles. The van der Waals surface area contributed by atoms with Gasteiger partial charge in [-0.2, -0.15) is 0 Å². The van der Waals surface area contributed by atoms with E-state index in [2.05, 4.69) is 31.9 Å². The topological polar surface area (TPSA) is 46.2 Å². The molecule has 17 heavy (non-hydrogen) atoms. The zero-order chi connectivity index (χ0) is 12.4. The maximum absolute atomic E-state index is 9.69.